The van der Waals surface area contributed by atoms with E-state index < -0.39 is 0 Å². The van der Waals surface area contributed by atoms with Gasteiger partial charge in [-0.15, -0.1) is 0 Å². The lowest BCUT2D eigenvalue weighted by Gasteiger charge is -2.35. The number of aromatic nitrogens is 2. The van der Waals surface area contributed by atoms with Crippen molar-refractivity contribution in [3.63, 3.8) is 0 Å². The maximum atomic E-state index is 13.1. The Kier molecular flexibility index (Phi) is 6.65. The first-order valence-corrected chi connectivity index (χ1v) is 11.8. The van der Waals surface area contributed by atoms with Crippen molar-refractivity contribution < 1.29 is 4.79 Å². The van der Waals surface area contributed by atoms with E-state index >= 15 is 0 Å². The standard InChI is InChI=1S/C25H37N5O/c1-19(2)12-13-29(25(31)21-10-11-21)18-23-20(3)26-30(22-8-6-5-7-9-22)24(23)28-16-14-27(4)15-17-28/h5-9,19,21H,10-18H2,1-4H3. The maximum Gasteiger partial charge on any atom is 0.225 e. The summed E-state index contributed by atoms with van der Waals surface area (Å²) >= 11 is 0. The highest BCUT2D eigenvalue weighted by Gasteiger charge is 2.35. The molecule has 0 radical (unpaired) electrons. The Morgan fingerprint density at radius 1 is 1.13 bits per heavy atom. The van der Waals surface area contributed by atoms with Gasteiger partial charge in [0.2, 0.25) is 5.91 Å². The van der Waals surface area contributed by atoms with Gasteiger partial charge in [-0.05, 0) is 51.3 Å². The number of rotatable bonds is 8. The summed E-state index contributed by atoms with van der Waals surface area (Å²) < 4.78 is 2.10. The van der Waals surface area contributed by atoms with E-state index in [0.717, 1.165) is 69.2 Å². The Morgan fingerprint density at radius 3 is 2.42 bits per heavy atom. The molecule has 1 saturated carbocycles. The molecule has 1 aliphatic carbocycles. The van der Waals surface area contributed by atoms with Crippen LogP contribution in [0, 0.1) is 18.8 Å². The van der Waals surface area contributed by atoms with Crippen LogP contribution in [0.3, 0.4) is 0 Å². The van der Waals surface area contributed by atoms with E-state index in [1.165, 1.54) is 5.56 Å². The number of hydrogen-bond acceptors (Lipinski definition) is 4. The zero-order chi connectivity index (χ0) is 22.0. The number of anilines is 1. The quantitative estimate of drug-likeness (QED) is 0.649. The maximum absolute atomic E-state index is 13.1. The highest BCUT2D eigenvalue weighted by molar-refractivity contribution is 5.81. The Morgan fingerprint density at radius 2 is 1.81 bits per heavy atom. The minimum absolute atomic E-state index is 0.240. The van der Waals surface area contributed by atoms with Crippen molar-refractivity contribution >= 4 is 11.7 Å². The molecule has 1 aromatic carbocycles. The van der Waals surface area contributed by atoms with E-state index in [1.54, 1.807) is 0 Å². The van der Waals surface area contributed by atoms with E-state index in [9.17, 15) is 4.79 Å². The second kappa shape index (κ2) is 9.43. The molecular formula is C25H37N5O. The predicted molar refractivity (Wildman–Crippen MR) is 126 cm³/mol. The molecule has 1 saturated heterocycles. The van der Waals surface area contributed by atoms with Crippen molar-refractivity contribution in [2.75, 3.05) is 44.7 Å². The number of piperazine rings is 1. The molecule has 6 nitrogen and oxygen atoms in total. The molecule has 1 aromatic heterocycles. The van der Waals surface area contributed by atoms with Crippen LogP contribution in [0.15, 0.2) is 30.3 Å². The summed E-state index contributed by atoms with van der Waals surface area (Å²) in [6.07, 6.45) is 3.13. The van der Waals surface area contributed by atoms with Crippen LogP contribution in [0.4, 0.5) is 5.82 Å². The van der Waals surface area contributed by atoms with E-state index in [-0.39, 0.29) is 5.92 Å². The van der Waals surface area contributed by atoms with Gasteiger partial charge in [0.1, 0.15) is 5.82 Å². The molecule has 0 N–H and O–H groups in total. The monoisotopic (exact) mass is 423 g/mol. The Labute approximate surface area is 186 Å². The smallest absolute Gasteiger partial charge is 0.225 e. The van der Waals surface area contributed by atoms with Gasteiger partial charge in [0.05, 0.1) is 17.9 Å². The molecule has 4 rings (SSSR count). The van der Waals surface area contributed by atoms with Gasteiger partial charge in [-0.1, -0.05) is 32.0 Å². The summed E-state index contributed by atoms with van der Waals surface area (Å²) in [7, 11) is 2.18. The van der Waals surface area contributed by atoms with Crippen molar-refractivity contribution in [2.45, 2.75) is 46.6 Å². The van der Waals surface area contributed by atoms with E-state index in [4.69, 9.17) is 5.10 Å². The molecule has 0 bridgehead atoms. The SMILES string of the molecule is Cc1nn(-c2ccccc2)c(N2CCN(C)CC2)c1CN(CCC(C)C)C(=O)C1CC1. The number of aryl methyl sites for hydroxylation is 1. The largest absolute Gasteiger partial charge is 0.354 e. The second-order valence-electron chi connectivity index (χ2n) is 9.64. The van der Waals surface area contributed by atoms with Crippen molar-refractivity contribution in [3.05, 3.63) is 41.6 Å². The Bertz CT molecular complexity index is 879. The van der Waals surface area contributed by atoms with Gasteiger partial charge >= 0.3 is 0 Å². The van der Waals surface area contributed by atoms with Gasteiger partial charge in [0.15, 0.2) is 0 Å². The summed E-state index contributed by atoms with van der Waals surface area (Å²) in [5.74, 6) is 2.32. The summed E-state index contributed by atoms with van der Waals surface area (Å²) in [6, 6.07) is 10.4. The minimum Gasteiger partial charge on any atom is -0.354 e. The average molecular weight is 424 g/mol. The topological polar surface area (TPSA) is 44.6 Å². The fraction of sp³-hybridized carbons (Fsp3) is 0.600. The van der Waals surface area contributed by atoms with Crippen LogP contribution in [-0.2, 0) is 11.3 Å². The highest BCUT2D eigenvalue weighted by atomic mass is 16.2. The van der Waals surface area contributed by atoms with Crippen molar-refractivity contribution in [3.8, 4) is 5.69 Å². The zero-order valence-corrected chi connectivity index (χ0v) is 19.5. The van der Waals surface area contributed by atoms with Gasteiger partial charge in [-0.3, -0.25) is 4.79 Å². The zero-order valence-electron chi connectivity index (χ0n) is 19.5. The van der Waals surface area contributed by atoms with Gasteiger partial charge in [-0.25, -0.2) is 4.68 Å². The summed E-state index contributed by atoms with van der Waals surface area (Å²) in [5.41, 5.74) is 3.30. The summed E-state index contributed by atoms with van der Waals surface area (Å²) in [5, 5.41) is 4.97. The van der Waals surface area contributed by atoms with Gasteiger partial charge in [-0.2, -0.15) is 5.10 Å². The fourth-order valence-corrected chi connectivity index (χ4v) is 4.29. The van der Waals surface area contributed by atoms with Crippen LogP contribution in [0.25, 0.3) is 5.69 Å². The first-order chi connectivity index (χ1) is 14.9. The van der Waals surface area contributed by atoms with Crippen LogP contribution < -0.4 is 4.90 Å². The van der Waals surface area contributed by atoms with E-state index in [0.29, 0.717) is 18.4 Å². The van der Waals surface area contributed by atoms with E-state index in [2.05, 4.69) is 71.5 Å². The van der Waals surface area contributed by atoms with Gasteiger partial charge < -0.3 is 14.7 Å². The molecule has 0 spiro atoms. The van der Waals surface area contributed by atoms with Crippen molar-refractivity contribution in [1.29, 1.82) is 0 Å². The number of nitrogens with zero attached hydrogens (tertiary/aromatic N) is 5. The molecule has 2 aromatic rings. The third-order valence-corrected chi connectivity index (χ3v) is 6.52. The third kappa shape index (κ3) is 5.12. The first kappa shape index (κ1) is 21.9. The number of carbonyl (C=O) groups is 1. The van der Waals surface area contributed by atoms with Crippen LogP contribution in [0.5, 0.6) is 0 Å². The molecule has 168 valence electrons. The molecule has 0 unspecified atom stereocenters. The number of hydrogen-bond donors (Lipinski definition) is 0. The van der Waals surface area contributed by atoms with Gasteiger partial charge in [0.25, 0.3) is 0 Å². The van der Waals surface area contributed by atoms with Gasteiger partial charge in [0, 0.05) is 44.2 Å². The normalized spacial score (nSPS) is 17.4. The second-order valence-corrected chi connectivity index (χ2v) is 9.64. The number of benzene rings is 1. The Hall–Kier alpha value is -2.34. The molecule has 2 fully saturated rings. The third-order valence-electron chi connectivity index (χ3n) is 6.52. The highest BCUT2D eigenvalue weighted by Crippen LogP contribution is 2.34. The lowest BCUT2D eigenvalue weighted by molar-refractivity contribution is -0.133. The number of carbonyl (C=O) groups excluding carboxylic acids is 1. The predicted octanol–water partition coefficient (Wildman–Crippen LogP) is 3.72. The molecular weight excluding hydrogens is 386 g/mol. The summed E-state index contributed by atoms with van der Waals surface area (Å²) in [6.45, 7) is 12.1. The minimum atomic E-state index is 0.240. The molecule has 2 heterocycles. The molecule has 6 heteroatoms. The van der Waals surface area contributed by atoms with Crippen LogP contribution in [-0.4, -0.2) is 65.3 Å². The molecule has 1 aliphatic heterocycles. The van der Waals surface area contributed by atoms with Crippen LogP contribution >= 0.6 is 0 Å². The number of para-hydroxylation sites is 1. The van der Waals surface area contributed by atoms with Crippen molar-refractivity contribution in [2.24, 2.45) is 11.8 Å². The molecule has 1 amide bonds. The molecule has 0 atom stereocenters. The lowest BCUT2D eigenvalue weighted by Crippen LogP contribution is -2.45. The van der Waals surface area contributed by atoms with E-state index in [1.807, 2.05) is 6.07 Å². The average Bonchev–Trinajstić information content (AvgIpc) is 3.56. The van der Waals surface area contributed by atoms with Crippen LogP contribution in [0.1, 0.15) is 44.4 Å². The lowest BCUT2D eigenvalue weighted by atomic mass is 10.1. The first-order valence-electron chi connectivity index (χ1n) is 11.8. The molecule has 31 heavy (non-hydrogen) atoms. The fourth-order valence-electron chi connectivity index (χ4n) is 4.29. The summed E-state index contributed by atoms with van der Waals surface area (Å²) in [4.78, 5) is 20.1. The number of amides is 1. The Balaban J connectivity index is 1.69. The molecule has 2 aliphatic rings. The number of likely N-dealkylation sites (N-methyl/N-ethyl adjacent to an activating group) is 1. The van der Waals surface area contributed by atoms with Crippen molar-refractivity contribution in [1.82, 2.24) is 19.6 Å². The van der Waals surface area contributed by atoms with Crippen LogP contribution in [0.2, 0.25) is 0 Å².